The quantitative estimate of drug-likeness (QED) is 0.827. The average molecular weight is 387 g/mol. The zero-order valence-electron chi connectivity index (χ0n) is 14.2. The van der Waals surface area contributed by atoms with E-state index in [4.69, 9.17) is 0 Å². The minimum atomic E-state index is -4.48. The predicted octanol–water partition coefficient (Wildman–Crippen LogP) is 3.16. The summed E-state index contributed by atoms with van der Waals surface area (Å²) in [5.74, 6) is -0.414. The maximum absolute atomic E-state index is 12.7. The van der Waals surface area contributed by atoms with E-state index in [2.05, 4.69) is 20.7 Å². The van der Waals surface area contributed by atoms with Crippen LogP contribution in [0.25, 0.3) is 0 Å². The molecule has 6 nitrogen and oxygen atoms in total. The number of aromatic nitrogens is 3. The van der Waals surface area contributed by atoms with Crippen molar-refractivity contribution < 1.29 is 18.0 Å². The molecule has 26 heavy (non-hydrogen) atoms. The van der Waals surface area contributed by atoms with Gasteiger partial charge in [-0.25, -0.2) is 4.98 Å². The van der Waals surface area contributed by atoms with Crippen molar-refractivity contribution in [3.8, 4) is 0 Å². The fourth-order valence-corrected chi connectivity index (χ4v) is 3.83. The van der Waals surface area contributed by atoms with Crippen LogP contribution in [0.3, 0.4) is 0 Å². The molecule has 1 aliphatic heterocycles. The number of nitrogens with one attached hydrogen (secondary N) is 2. The molecule has 0 aromatic carbocycles. The lowest BCUT2D eigenvalue weighted by Crippen LogP contribution is -2.32. The molecule has 0 aliphatic carbocycles. The molecule has 2 N–H and O–H groups in total. The Kier molecular flexibility index (Phi) is 5.61. The van der Waals surface area contributed by atoms with Crippen LogP contribution in [-0.2, 0) is 6.18 Å². The summed E-state index contributed by atoms with van der Waals surface area (Å²) >= 11 is 0.894. The van der Waals surface area contributed by atoms with Gasteiger partial charge in [0, 0.05) is 18.1 Å². The van der Waals surface area contributed by atoms with Crippen LogP contribution in [0.1, 0.15) is 59.5 Å². The number of rotatable bonds is 5. The molecule has 2 aromatic rings. The number of hydrogen-bond donors (Lipinski definition) is 2. The third kappa shape index (κ3) is 4.24. The molecular weight excluding hydrogens is 367 g/mol. The molecule has 3 rings (SSSR count). The van der Waals surface area contributed by atoms with Gasteiger partial charge in [-0.1, -0.05) is 6.92 Å². The van der Waals surface area contributed by atoms with Gasteiger partial charge in [-0.2, -0.15) is 18.3 Å². The Labute approximate surface area is 152 Å². The molecule has 1 saturated heterocycles. The van der Waals surface area contributed by atoms with Crippen LogP contribution in [-0.4, -0.2) is 33.8 Å². The minimum absolute atomic E-state index is 0.209. The highest BCUT2D eigenvalue weighted by atomic mass is 32.1. The maximum Gasteiger partial charge on any atom is 0.434 e. The largest absolute Gasteiger partial charge is 0.434 e. The highest BCUT2D eigenvalue weighted by molar-refractivity contribution is 7.09. The second-order valence-electron chi connectivity index (χ2n) is 6.18. The topological polar surface area (TPSA) is 71.8 Å². The van der Waals surface area contributed by atoms with Crippen molar-refractivity contribution in [3.63, 3.8) is 0 Å². The standard InChI is InChI=1S/C16H20F3N5OS/c1-2-11(15-22-13(9-26-15)16(17,18)19)21-14(25)12-5-7-24(23-12)10-4-3-6-20-8-10/h5,7,9-11,20H,2-4,6,8H2,1H3,(H,21,25). The molecule has 2 atom stereocenters. The Morgan fingerprint density at radius 2 is 2.35 bits per heavy atom. The fraction of sp³-hybridized carbons (Fsp3) is 0.562. The van der Waals surface area contributed by atoms with Crippen LogP contribution in [0.2, 0.25) is 0 Å². The Morgan fingerprint density at radius 3 is 2.96 bits per heavy atom. The summed E-state index contributed by atoms with van der Waals surface area (Å²) in [6, 6.07) is 1.25. The molecule has 10 heteroatoms. The molecule has 0 bridgehead atoms. The zero-order chi connectivity index (χ0) is 18.7. The average Bonchev–Trinajstić information content (AvgIpc) is 3.29. The molecular formula is C16H20F3N5OS. The maximum atomic E-state index is 12.7. The molecule has 2 unspecified atom stereocenters. The molecule has 1 fully saturated rings. The van der Waals surface area contributed by atoms with Crippen molar-refractivity contribution in [2.24, 2.45) is 0 Å². The summed E-state index contributed by atoms with van der Waals surface area (Å²) in [5, 5.41) is 11.6. The van der Waals surface area contributed by atoms with Crippen molar-refractivity contribution in [3.05, 3.63) is 34.0 Å². The van der Waals surface area contributed by atoms with Crippen LogP contribution in [0.4, 0.5) is 13.2 Å². The van der Waals surface area contributed by atoms with E-state index in [1.165, 1.54) is 0 Å². The van der Waals surface area contributed by atoms with Gasteiger partial charge in [0.2, 0.25) is 0 Å². The third-order valence-electron chi connectivity index (χ3n) is 4.31. The lowest BCUT2D eigenvalue weighted by Gasteiger charge is -2.22. The van der Waals surface area contributed by atoms with Crippen LogP contribution >= 0.6 is 11.3 Å². The first-order chi connectivity index (χ1) is 12.4. The van der Waals surface area contributed by atoms with Gasteiger partial charge in [0.15, 0.2) is 5.69 Å². The number of halogens is 3. The summed E-state index contributed by atoms with van der Waals surface area (Å²) in [6.07, 6.45) is -0.242. The Bertz CT molecular complexity index is 751. The van der Waals surface area contributed by atoms with Gasteiger partial charge >= 0.3 is 6.18 Å². The molecule has 1 aliphatic rings. The highest BCUT2D eigenvalue weighted by Crippen LogP contribution is 2.32. The number of nitrogens with zero attached hydrogens (tertiary/aromatic N) is 3. The van der Waals surface area contributed by atoms with Crippen LogP contribution in [0.5, 0.6) is 0 Å². The number of alkyl halides is 3. The van der Waals surface area contributed by atoms with Gasteiger partial charge in [0.25, 0.3) is 5.91 Å². The summed E-state index contributed by atoms with van der Waals surface area (Å²) in [7, 11) is 0. The van der Waals surface area contributed by atoms with Gasteiger partial charge in [-0.3, -0.25) is 9.48 Å². The summed E-state index contributed by atoms with van der Waals surface area (Å²) in [6.45, 7) is 3.57. The van der Waals surface area contributed by atoms with Gasteiger partial charge < -0.3 is 10.6 Å². The van der Waals surface area contributed by atoms with Crippen LogP contribution < -0.4 is 10.6 Å². The van der Waals surface area contributed by atoms with Gasteiger partial charge in [0.05, 0.1) is 12.1 Å². The predicted molar refractivity (Wildman–Crippen MR) is 91.0 cm³/mol. The van der Waals surface area contributed by atoms with E-state index in [-0.39, 0.29) is 16.7 Å². The second-order valence-corrected chi connectivity index (χ2v) is 7.07. The summed E-state index contributed by atoms with van der Waals surface area (Å²) in [5.41, 5.74) is -0.680. The van der Waals surface area contributed by atoms with E-state index in [1.807, 2.05) is 0 Å². The van der Waals surface area contributed by atoms with E-state index >= 15 is 0 Å². The molecule has 0 spiro atoms. The Hall–Kier alpha value is -1.94. The van der Waals surface area contributed by atoms with E-state index in [9.17, 15) is 18.0 Å². The smallest absolute Gasteiger partial charge is 0.341 e. The number of thiazole rings is 1. The number of carbonyl (C=O) groups excluding carboxylic acids is 1. The SMILES string of the molecule is CCC(NC(=O)c1ccn(C2CCCNC2)n1)c1nc(C(F)(F)F)cs1. The normalized spacial score (nSPS) is 19.3. The van der Waals surface area contributed by atoms with Gasteiger partial charge in [-0.05, 0) is 31.9 Å². The molecule has 3 heterocycles. The molecule has 142 valence electrons. The van der Waals surface area contributed by atoms with Crippen molar-refractivity contribution in [2.75, 3.05) is 13.1 Å². The number of amides is 1. The van der Waals surface area contributed by atoms with E-state index in [1.54, 1.807) is 23.9 Å². The number of hydrogen-bond acceptors (Lipinski definition) is 5. The summed E-state index contributed by atoms with van der Waals surface area (Å²) in [4.78, 5) is 16.1. The zero-order valence-corrected chi connectivity index (χ0v) is 15.0. The van der Waals surface area contributed by atoms with Crippen molar-refractivity contribution >= 4 is 17.2 Å². The lowest BCUT2D eigenvalue weighted by atomic mass is 10.1. The fourth-order valence-electron chi connectivity index (χ4n) is 2.87. The molecule has 0 saturated carbocycles. The van der Waals surface area contributed by atoms with Gasteiger partial charge in [-0.15, -0.1) is 11.3 Å². The molecule has 1 amide bonds. The molecule has 0 radical (unpaired) electrons. The van der Waals surface area contributed by atoms with E-state index in [0.29, 0.717) is 6.42 Å². The monoisotopic (exact) mass is 387 g/mol. The second kappa shape index (κ2) is 7.75. The first-order valence-electron chi connectivity index (χ1n) is 8.48. The van der Waals surface area contributed by atoms with Crippen molar-refractivity contribution in [1.82, 2.24) is 25.4 Å². The molecule has 2 aromatic heterocycles. The van der Waals surface area contributed by atoms with E-state index < -0.39 is 23.8 Å². The summed E-state index contributed by atoms with van der Waals surface area (Å²) < 4.78 is 39.9. The lowest BCUT2D eigenvalue weighted by molar-refractivity contribution is -0.140. The third-order valence-corrected chi connectivity index (χ3v) is 5.27. The number of carbonyl (C=O) groups is 1. The van der Waals surface area contributed by atoms with E-state index in [0.717, 1.165) is 42.6 Å². The first-order valence-corrected chi connectivity index (χ1v) is 9.35. The minimum Gasteiger partial charge on any atom is -0.341 e. The number of piperidine rings is 1. The van der Waals surface area contributed by atoms with Gasteiger partial charge in [0.1, 0.15) is 10.7 Å². The highest BCUT2D eigenvalue weighted by Gasteiger charge is 2.34. The Balaban J connectivity index is 1.67. The van der Waals surface area contributed by atoms with Crippen LogP contribution in [0, 0.1) is 0 Å². The van der Waals surface area contributed by atoms with Crippen LogP contribution in [0.15, 0.2) is 17.6 Å². The first kappa shape index (κ1) is 18.8. The van der Waals surface area contributed by atoms with Crippen molar-refractivity contribution in [1.29, 1.82) is 0 Å². The van der Waals surface area contributed by atoms with Crippen molar-refractivity contribution in [2.45, 2.75) is 44.4 Å². The Morgan fingerprint density at radius 1 is 1.54 bits per heavy atom.